The van der Waals surface area contributed by atoms with Crippen LogP contribution in [0.25, 0.3) is 0 Å². The molecule has 4 nitrogen and oxygen atoms in total. The Labute approximate surface area is 111 Å². The first-order chi connectivity index (χ1) is 8.48. The Balaban J connectivity index is 2.17. The Kier molecular flexibility index (Phi) is 6.57. The van der Waals surface area contributed by atoms with Crippen LogP contribution in [0.5, 0.6) is 0 Å². The zero-order valence-electron chi connectivity index (χ0n) is 12.5. The number of nitrogens with one attached hydrogen (secondary N) is 1. The molecule has 3 atom stereocenters. The topological polar surface area (TPSA) is 39.7 Å². The normalized spacial score (nSPS) is 28.2. The van der Waals surface area contributed by atoms with Crippen molar-refractivity contribution >= 4 is 0 Å². The van der Waals surface area contributed by atoms with E-state index in [0.29, 0.717) is 19.3 Å². The average molecular weight is 259 g/mol. The highest BCUT2D eigenvalue weighted by atomic mass is 16.6. The first-order valence-corrected chi connectivity index (χ1v) is 7.02. The summed E-state index contributed by atoms with van der Waals surface area (Å²) in [6.45, 7) is 10.4. The highest BCUT2D eigenvalue weighted by molar-refractivity contribution is 4.96. The van der Waals surface area contributed by atoms with E-state index in [9.17, 15) is 0 Å². The Morgan fingerprint density at radius 2 is 1.83 bits per heavy atom. The summed E-state index contributed by atoms with van der Waals surface area (Å²) < 4.78 is 17.3. The van der Waals surface area contributed by atoms with Crippen molar-refractivity contribution in [3.05, 3.63) is 0 Å². The second-order valence-electron chi connectivity index (χ2n) is 5.84. The SMILES string of the molecule is CCCOC1C(NC)CC1OCCOC(C)(C)C. The van der Waals surface area contributed by atoms with Crippen LogP contribution in [0.1, 0.15) is 40.5 Å². The van der Waals surface area contributed by atoms with Crippen LogP contribution in [0, 0.1) is 0 Å². The number of hydrogen-bond donors (Lipinski definition) is 1. The third-order valence-electron chi connectivity index (χ3n) is 3.08. The van der Waals surface area contributed by atoms with Crippen molar-refractivity contribution in [1.82, 2.24) is 5.32 Å². The molecule has 18 heavy (non-hydrogen) atoms. The van der Waals surface area contributed by atoms with Gasteiger partial charge in [0.15, 0.2) is 0 Å². The van der Waals surface area contributed by atoms with Gasteiger partial charge in [-0.1, -0.05) is 6.92 Å². The molecule has 1 rings (SSSR count). The van der Waals surface area contributed by atoms with Crippen molar-refractivity contribution in [2.75, 3.05) is 26.9 Å². The molecule has 1 fully saturated rings. The third-order valence-corrected chi connectivity index (χ3v) is 3.08. The van der Waals surface area contributed by atoms with Gasteiger partial charge in [0, 0.05) is 12.6 Å². The molecule has 0 amide bonds. The van der Waals surface area contributed by atoms with Gasteiger partial charge in [0.2, 0.25) is 0 Å². The smallest absolute Gasteiger partial charge is 0.0990 e. The Hall–Kier alpha value is -0.160. The standard InChI is InChI=1S/C14H29NO3/c1-6-7-17-13-11(15-5)10-12(13)16-8-9-18-14(2,3)4/h11-13,15H,6-10H2,1-5H3. The van der Waals surface area contributed by atoms with Gasteiger partial charge in [0.05, 0.1) is 31.0 Å². The maximum Gasteiger partial charge on any atom is 0.0990 e. The number of ether oxygens (including phenoxy) is 3. The van der Waals surface area contributed by atoms with Crippen molar-refractivity contribution in [2.45, 2.75) is 64.4 Å². The van der Waals surface area contributed by atoms with Gasteiger partial charge in [-0.25, -0.2) is 0 Å². The zero-order valence-corrected chi connectivity index (χ0v) is 12.5. The Bertz CT molecular complexity index is 228. The number of likely N-dealkylation sites (N-methyl/N-ethyl adjacent to an activating group) is 1. The van der Waals surface area contributed by atoms with Crippen LogP contribution >= 0.6 is 0 Å². The molecule has 0 saturated heterocycles. The first kappa shape index (κ1) is 15.9. The monoisotopic (exact) mass is 259 g/mol. The molecule has 0 heterocycles. The van der Waals surface area contributed by atoms with Gasteiger partial charge < -0.3 is 19.5 Å². The van der Waals surface area contributed by atoms with E-state index in [2.05, 4.69) is 33.0 Å². The second kappa shape index (κ2) is 7.43. The molecule has 1 aliphatic carbocycles. The fourth-order valence-electron chi connectivity index (χ4n) is 2.05. The summed E-state index contributed by atoms with van der Waals surface area (Å²) in [5.41, 5.74) is -0.0887. The van der Waals surface area contributed by atoms with E-state index in [0.717, 1.165) is 19.4 Å². The van der Waals surface area contributed by atoms with E-state index in [1.165, 1.54) is 0 Å². The van der Waals surface area contributed by atoms with E-state index >= 15 is 0 Å². The molecule has 108 valence electrons. The van der Waals surface area contributed by atoms with Gasteiger partial charge in [0.25, 0.3) is 0 Å². The molecule has 3 unspecified atom stereocenters. The van der Waals surface area contributed by atoms with E-state index in [1.807, 2.05) is 7.05 Å². The predicted octanol–water partition coefficient (Wildman–Crippen LogP) is 1.97. The minimum absolute atomic E-state index is 0.0887. The van der Waals surface area contributed by atoms with Crippen LogP contribution in [-0.2, 0) is 14.2 Å². The molecule has 0 aliphatic heterocycles. The molecule has 1 N–H and O–H groups in total. The molecule has 0 bridgehead atoms. The molecule has 0 aromatic carbocycles. The minimum atomic E-state index is -0.0887. The lowest BCUT2D eigenvalue weighted by atomic mass is 9.85. The van der Waals surface area contributed by atoms with E-state index < -0.39 is 0 Å². The molecule has 4 heteroatoms. The van der Waals surface area contributed by atoms with E-state index in [4.69, 9.17) is 14.2 Å². The van der Waals surface area contributed by atoms with Crippen molar-refractivity contribution in [3.63, 3.8) is 0 Å². The summed E-state index contributed by atoms with van der Waals surface area (Å²) in [6, 6.07) is 0.435. The number of hydrogen-bond acceptors (Lipinski definition) is 4. The largest absolute Gasteiger partial charge is 0.374 e. The fraction of sp³-hybridized carbons (Fsp3) is 1.00. The van der Waals surface area contributed by atoms with Crippen LogP contribution < -0.4 is 5.32 Å². The molecular formula is C14H29NO3. The van der Waals surface area contributed by atoms with E-state index in [1.54, 1.807) is 0 Å². The summed E-state index contributed by atoms with van der Waals surface area (Å²) in [6.07, 6.45) is 2.50. The van der Waals surface area contributed by atoms with Crippen LogP contribution in [0.4, 0.5) is 0 Å². The summed E-state index contributed by atoms with van der Waals surface area (Å²) in [5.74, 6) is 0. The minimum Gasteiger partial charge on any atom is -0.374 e. The molecule has 1 aliphatic rings. The lowest BCUT2D eigenvalue weighted by molar-refractivity contribution is -0.156. The van der Waals surface area contributed by atoms with Crippen LogP contribution in [0.3, 0.4) is 0 Å². The molecule has 0 spiro atoms. The van der Waals surface area contributed by atoms with Gasteiger partial charge in [-0.2, -0.15) is 0 Å². The van der Waals surface area contributed by atoms with Gasteiger partial charge in [-0.3, -0.25) is 0 Å². The zero-order chi connectivity index (χ0) is 13.6. The van der Waals surface area contributed by atoms with Crippen LogP contribution in [0.2, 0.25) is 0 Å². The first-order valence-electron chi connectivity index (χ1n) is 7.02. The summed E-state index contributed by atoms with van der Waals surface area (Å²) in [4.78, 5) is 0. The Morgan fingerprint density at radius 1 is 1.11 bits per heavy atom. The second-order valence-corrected chi connectivity index (χ2v) is 5.84. The van der Waals surface area contributed by atoms with Crippen molar-refractivity contribution in [3.8, 4) is 0 Å². The highest BCUT2D eigenvalue weighted by Crippen LogP contribution is 2.27. The van der Waals surface area contributed by atoms with E-state index in [-0.39, 0.29) is 17.8 Å². The van der Waals surface area contributed by atoms with Crippen molar-refractivity contribution in [2.24, 2.45) is 0 Å². The van der Waals surface area contributed by atoms with Gasteiger partial charge in [-0.05, 0) is 40.7 Å². The molecular weight excluding hydrogens is 230 g/mol. The van der Waals surface area contributed by atoms with Gasteiger partial charge in [0.1, 0.15) is 0 Å². The predicted molar refractivity (Wildman–Crippen MR) is 72.9 cm³/mol. The maximum atomic E-state index is 5.83. The molecule has 1 saturated carbocycles. The van der Waals surface area contributed by atoms with Gasteiger partial charge >= 0.3 is 0 Å². The quantitative estimate of drug-likeness (QED) is 0.677. The third kappa shape index (κ3) is 5.22. The lowest BCUT2D eigenvalue weighted by Crippen LogP contribution is -2.59. The maximum absolute atomic E-state index is 5.83. The number of rotatable bonds is 8. The molecule has 0 radical (unpaired) electrons. The Morgan fingerprint density at radius 3 is 2.39 bits per heavy atom. The summed E-state index contributed by atoms with van der Waals surface area (Å²) >= 11 is 0. The van der Waals surface area contributed by atoms with Gasteiger partial charge in [-0.15, -0.1) is 0 Å². The lowest BCUT2D eigenvalue weighted by Gasteiger charge is -2.43. The van der Waals surface area contributed by atoms with Crippen LogP contribution in [-0.4, -0.2) is 50.7 Å². The molecule has 0 aromatic rings. The van der Waals surface area contributed by atoms with Crippen LogP contribution in [0.15, 0.2) is 0 Å². The van der Waals surface area contributed by atoms with Crippen molar-refractivity contribution < 1.29 is 14.2 Å². The molecule has 0 aromatic heterocycles. The average Bonchev–Trinajstić information content (AvgIpc) is 2.26. The highest BCUT2D eigenvalue weighted by Gasteiger charge is 2.41. The summed E-state index contributed by atoms with van der Waals surface area (Å²) in [5, 5.41) is 3.27. The fourth-order valence-corrected chi connectivity index (χ4v) is 2.05. The van der Waals surface area contributed by atoms with Crippen molar-refractivity contribution in [1.29, 1.82) is 0 Å². The summed E-state index contributed by atoms with van der Waals surface area (Å²) in [7, 11) is 1.98.